The van der Waals surface area contributed by atoms with Crippen LogP contribution in [-0.4, -0.2) is 46.8 Å². The third-order valence-electron chi connectivity index (χ3n) is 5.25. The first kappa shape index (κ1) is 26.1. The molecule has 0 atom stereocenters. The van der Waals surface area contributed by atoms with E-state index in [1.165, 1.54) is 4.90 Å². The molecule has 186 valence electrons. The lowest BCUT2D eigenvalue weighted by molar-refractivity contribution is -0.116. The van der Waals surface area contributed by atoms with E-state index >= 15 is 0 Å². The minimum Gasteiger partial charge on any atom is -0.497 e. The average molecular weight is 498 g/mol. The van der Waals surface area contributed by atoms with Gasteiger partial charge in [0.05, 0.1) is 18.5 Å². The van der Waals surface area contributed by atoms with Gasteiger partial charge in [-0.05, 0) is 42.8 Å². The van der Waals surface area contributed by atoms with Crippen LogP contribution in [0.2, 0.25) is 5.02 Å². The van der Waals surface area contributed by atoms with E-state index in [0.29, 0.717) is 35.2 Å². The summed E-state index contributed by atoms with van der Waals surface area (Å²) in [7, 11) is 1.56. The summed E-state index contributed by atoms with van der Waals surface area (Å²) in [4.78, 5) is 27.4. The number of ether oxygens (including phenoxy) is 1. The van der Waals surface area contributed by atoms with Gasteiger partial charge in [-0.2, -0.15) is 5.10 Å². The van der Waals surface area contributed by atoms with Gasteiger partial charge in [-0.15, -0.1) is 0 Å². The molecule has 0 bridgehead atoms. The molecule has 0 aliphatic rings. The van der Waals surface area contributed by atoms with E-state index in [-0.39, 0.29) is 23.9 Å². The fourth-order valence-corrected chi connectivity index (χ4v) is 3.52. The highest BCUT2D eigenvalue weighted by atomic mass is 35.5. The van der Waals surface area contributed by atoms with Gasteiger partial charge in [0.2, 0.25) is 5.91 Å². The lowest BCUT2D eigenvalue weighted by atomic mass is 9.92. The number of rotatable bonds is 8. The van der Waals surface area contributed by atoms with Crippen LogP contribution < -0.4 is 15.4 Å². The number of halogens is 1. The van der Waals surface area contributed by atoms with Gasteiger partial charge in [-0.3, -0.25) is 4.79 Å². The van der Waals surface area contributed by atoms with E-state index in [1.807, 2.05) is 25.1 Å². The second-order valence-electron chi connectivity index (χ2n) is 9.18. The zero-order valence-electron chi connectivity index (χ0n) is 20.8. The normalized spacial score (nSPS) is 11.1. The minimum atomic E-state index is -0.364. The van der Waals surface area contributed by atoms with Gasteiger partial charge in [0.25, 0.3) is 0 Å². The third-order valence-corrected chi connectivity index (χ3v) is 5.50. The van der Waals surface area contributed by atoms with Gasteiger partial charge in [-0.25, -0.2) is 9.48 Å². The fourth-order valence-electron chi connectivity index (χ4n) is 3.40. The third kappa shape index (κ3) is 6.99. The van der Waals surface area contributed by atoms with Crippen LogP contribution in [0, 0.1) is 0 Å². The highest BCUT2D eigenvalue weighted by Crippen LogP contribution is 2.27. The van der Waals surface area contributed by atoms with Crippen molar-refractivity contribution >= 4 is 35.0 Å². The largest absolute Gasteiger partial charge is 0.497 e. The topological polar surface area (TPSA) is 88.5 Å². The lowest BCUT2D eigenvalue weighted by Gasteiger charge is -2.22. The van der Waals surface area contributed by atoms with E-state index < -0.39 is 0 Å². The summed E-state index contributed by atoms with van der Waals surface area (Å²) in [5.41, 5.74) is 1.96. The maximum atomic E-state index is 13.0. The van der Waals surface area contributed by atoms with Crippen molar-refractivity contribution < 1.29 is 14.3 Å². The Morgan fingerprint density at radius 1 is 1.09 bits per heavy atom. The molecule has 35 heavy (non-hydrogen) atoms. The van der Waals surface area contributed by atoms with Crippen molar-refractivity contribution in [1.29, 1.82) is 0 Å². The van der Waals surface area contributed by atoms with Crippen LogP contribution in [0.4, 0.5) is 16.3 Å². The van der Waals surface area contributed by atoms with E-state index in [0.717, 1.165) is 11.4 Å². The highest BCUT2D eigenvalue weighted by molar-refractivity contribution is 6.30. The van der Waals surface area contributed by atoms with Crippen molar-refractivity contribution in [2.75, 3.05) is 30.8 Å². The average Bonchev–Trinajstić information content (AvgIpc) is 3.23. The molecule has 0 saturated heterocycles. The smallest absolute Gasteiger partial charge is 0.322 e. The van der Waals surface area contributed by atoms with Crippen molar-refractivity contribution in [2.24, 2.45) is 0 Å². The van der Waals surface area contributed by atoms with Crippen molar-refractivity contribution in [3.63, 3.8) is 0 Å². The monoisotopic (exact) mass is 497 g/mol. The Hall–Kier alpha value is -3.52. The summed E-state index contributed by atoms with van der Waals surface area (Å²) >= 11 is 6.04. The molecule has 3 aromatic rings. The number of aromatic nitrogens is 2. The number of amides is 3. The van der Waals surface area contributed by atoms with Crippen LogP contribution in [0.25, 0.3) is 5.69 Å². The molecule has 2 N–H and O–H groups in total. The molecule has 3 amide bonds. The number of nitrogens with one attached hydrogen (secondary N) is 2. The number of urea groups is 1. The van der Waals surface area contributed by atoms with Gasteiger partial charge < -0.3 is 20.3 Å². The van der Waals surface area contributed by atoms with Crippen molar-refractivity contribution in [2.45, 2.75) is 39.5 Å². The molecule has 0 fully saturated rings. The summed E-state index contributed by atoms with van der Waals surface area (Å²) < 4.78 is 6.89. The standard InChI is InChI=1S/C26H32ClN5O3/c1-6-14-31(25(34)28-19-8-7-9-21(15-19)35-5)17-24(33)29-23-16-22(26(2,3)4)30-32(23)20-12-10-18(27)11-13-20/h7-13,15-16H,6,14,17H2,1-5H3,(H,28,34)(H,29,33). The molecule has 1 heterocycles. The lowest BCUT2D eigenvalue weighted by Crippen LogP contribution is -2.41. The van der Waals surface area contributed by atoms with Crippen molar-refractivity contribution in [1.82, 2.24) is 14.7 Å². The number of hydrogen-bond acceptors (Lipinski definition) is 4. The van der Waals surface area contributed by atoms with E-state index in [4.69, 9.17) is 21.4 Å². The van der Waals surface area contributed by atoms with Gasteiger partial charge in [0.1, 0.15) is 18.1 Å². The van der Waals surface area contributed by atoms with Crippen LogP contribution in [0.1, 0.15) is 39.8 Å². The molecule has 2 aromatic carbocycles. The highest BCUT2D eigenvalue weighted by Gasteiger charge is 2.23. The summed E-state index contributed by atoms with van der Waals surface area (Å²) in [6.45, 7) is 8.43. The van der Waals surface area contributed by atoms with Crippen LogP contribution in [-0.2, 0) is 10.2 Å². The summed E-state index contributed by atoms with van der Waals surface area (Å²) in [6, 6.07) is 15.8. The number of hydrogen-bond donors (Lipinski definition) is 2. The van der Waals surface area contributed by atoms with Crippen molar-refractivity contribution in [3.8, 4) is 11.4 Å². The SMILES string of the molecule is CCCN(CC(=O)Nc1cc(C(C)(C)C)nn1-c1ccc(Cl)cc1)C(=O)Nc1cccc(OC)c1. The first-order chi connectivity index (χ1) is 16.6. The molecule has 1 aromatic heterocycles. The molecule has 0 aliphatic carbocycles. The maximum Gasteiger partial charge on any atom is 0.322 e. The molecule has 0 aliphatic heterocycles. The van der Waals surface area contributed by atoms with E-state index in [9.17, 15) is 9.59 Å². The predicted octanol–water partition coefficient (Wildman–Crippen LogP) is 5.71. The summed E-state index contributed by atoms with van der Waals surface area (Å²) in [5, 5.41) is 11.1. The Bertz CT molecular complexity index is 1170. The van der Waals surface area contributed by atoms with E-state index in [2.05, 4.69) is 31.4 Å². The Morgan fingerprint density at radius 3 is 2.43 bits per heavy atom. The Kier molecular flexibility index (Phi) is 8.40. The number of carbonyl (C=O) groups is 2. The molecule has 9 heteroatoms. The van der Waals surface area contributed by atoms with Gasteiger partial charge >= 0.3 is 6.03 Å². The predicted molar refractivity (Wildman–Crippen MR) is 140 cm³/mol. The molecule has 0 saturated carbocycles. The first-order valence-electron chi connectivity index (χ1n) is 11.5. The second kappa shape index (κ2) is 11.3. The van der Waals surface area contributed by atoms with Crippen LogP contribution in [0.15, 0.2) is 54.6 Å². The zero-order chi connectivity index (χ0) is 25.6. The summed E-state index contributed by atoms with van der Waals surface area (Å²) in [5.74, 6) is 0.828. The number of nitrogens with zero attached hydrogens (tertiary/aromatic N) is 3. The zero-order valence-corrected chi connectivity index (χ0v) is 21.5. The van der Waals surface area contributed by atoms with Crippen molar-refractivity contribution in [3.05, 3.63) is 65.3 Å². The summed E-state index contributed by atoms with van der Waals surface area (Å²) in [6.07, 6.45) is 0.704. The molecule has 8 nitrogen and oxygen atoms in total. The van der Waals surface area contributed by atoms with E-state index in [1.54, 1.807) is 48.2 Å². The molecular weight excluding hydrogens is 466 g/mol. The maximum absolute atomic E-state index is 13.0. The van der Waals surface area contributed by atoms with Crippen LogP contribution >= 0.6 is 11.6 Å². The number of methoxy groups -OCH3 is 1. The first-order valence-corrected chi connectivity index (χ1v) is 11.8. The van der Waals surface area contributed by atoms with Gasteiger partial charge in [0.15, 0.2) is 0 Å². The number of benzene rings is 2. The Balaban J connectivity index is 1.78. The second-order valence-corrected chi connectivity index (χ2v) is 9.62. The fraction of sp³-hybridized carbons (Fsp3) is 0.346. The van der Waals surface area contributed by atoms with Crippen LogP contribution in [0.3, 0.4) is 0 Å². The van der Waals surface area contributed by atoms with Gasteiger partial charge in [-0.1, -0.05) is 45.4 Å². The van der Waals surface area contributed by atoms with Crippen LogP contribution in [0.5, 0.6) is 5.75 Å². The molecule has 0 spiro atoms. The Morgan fingerprint density at radius 2 is 1.80 bits per heavy atom. The Labute approximate surface area is 211 Å². The number of anilines is 2. The number of carbonyl (C=O) groups excluding carboxylic acids is 2. The quantitative estimate of drug-likeness (QED) is 0.417. The molecule has 3 rings (SSSR count). The minimum absolute atomic E-state index is 0.111. The molecule has 0 unspecified atom stereocenters. The molecule has 0 radical (unpaired) electrons. The molecular formula is C26H32ClN5O3. The van der Waals surface area contributed by atoms with Gasteiger partial charge in [0, 0.05) is 34.8 Å².